The first-order chi connectivity index (χ1) is 11.1. The van der Waals surface area contributed by atoms with Gasteiger partial charge in [-0.1, -0.05) is 24.6 Å². The largest absolute Gasteiger partial charge is 0.465 e. The van der Waals surface area contributed by atoms with Crippen molar-refractivity contribution in [2.75, 3.05) is 6.61 Å². The van der Waals surface area contributed by atoms with Crippen molar-refractivity contribution in [3.05, 3.63) is 35.9 Å². The first kappa shape index (κ1) is 17.1. The summed E-state index contributed by atoms with van der Waals surface area (Å²) in [6, 6.07) is 7.80. The number of rotatable bonds is 6. The number of ketones is 1. The lowest BCUT2D eigenvalue weighted by molar-refractivity contribution is -0.150. The van der Waals surface area contributed by atoms with Crippen LogP contribution in [0.5, 0.6) is 0 Å². The lowest BCUT2D eigenvalue weighted by Gasteiger charge is -2.28. The third-order valence-corrected chi connectivity index (χ3v) is 3.92. The number of benzene rings is 1. The summed E-state index contributed by atoms with van der Waals surface area (Å²) >= 11 is 0. The number of amides is 1. The first-order valence-corrected chi connectivity index (χ1v) is 7.93. The number of hydrogen-bond donors (Lipinski definition) is 2. The van der Waals surface area contributed by atoms with Crippen LogP contribution in [0.2, 0.25) is 0 Å². The van der Waals surface area contributed by atoms with Crippen LogP contribution in [0.1, 0.15) is 43.0 Å². The van der Waals surface area contributed by atoms with Crippen LogP contribution >= 0.6 is 0 Å². The Hall–Kier alpha value is -2.21. The number of hydrogen-bond acceptors (Lipinski definition) is 5. The quantitative estimate of drug-likeness (QED) is 0.615. The zero-order valence-electron chi connectivity index (χ0n) is 13.2. The summed E-state index contributed by atoms with van der Waals surface area (Å²) in [7, 11) is 0. The molecule has 0 saturated heterocycles. The van der Waals surface area contributed by atoms with Crippen LogP contribution in [0.15, 0.2) is 30.3 Å². The summed E-state index contributed by atoms with van der Waals surface area (Å²) in [6.45, 7) is 1.94. The van der Waals surface area contributed by atoms with Gasteiger partial charge in [-0.15, -0.1) is 0 Å². The van der Waals surface area contributed by atoms with E-state index < -0.39 is 17.9 Å². The van der Waals surface area contributed by atoms with Crippen molar-refractivity contribution in [1.29, 1.82) is 0 Å². The fourth-order valence-corrected chi connectivity index (χ4v) is 2.72. The van der Waals surface area contributed by atoms with Gasteiger partial charge in [0.1, 0.15) is 11.8 Å². The highest BCUT2D eigenvalue weighted by molar-refractivity contribution is 5.94. The molecule has 0 spiro atoms. The molecular weight excluding hydrogens is 296 g/mol. The number of Topliss-reactive ketones (excluding diaryl/α,β-unsaturated/α-hetero) is 1. The van der Waals surface area contributed by atoms with E-state index in [4.69, 9.17) is 4.74 Å². The molecule has 124 valence electrons. The van der Waals surface area contributed by atoms with E-state index in [9.17, 15) is 14.4 Å². The minimum Gasteiger partial charge on any atom is -0.465 e. The minimum absolute atomic E-state index is 0.0377. The van der Waals surface area contributed by atoms with E-state index >= 15 is 0 Å². The highest BCUT2D eigenvalue weighted by Crippen LogP contribution is 2.24. The van der Waals surface area contributed by atoms with Gasteiger partial charge in [0.2, 0.25) is 0 Å². The van der Waals surface area contributed by atoms with Gasteiger partial charge in [-0.25, -0.2) is 5.43 Å². The predicted molar refractivity (Wildman–Crippen MR) is 84.4 cm³/mol. The topological polar surface area (TPSA) is 84.5 Å². The first-order valence-electron chi connectivity index (χ1n) is 7.93. The molecule has 6 nitrogen and oxygen atoms in total. The van der Waals surface area contributed by atoms with Crippen LogP contribution in [0.25, 0.3) is 0 Å². The molecule has 0 radical (unpaired) electrons. The highest BCUT2D eigenvalue weighted by Gasteiger charge is 2.36. The Balaban J connectivity index is 2.04. The SMILES string of the molecule is CCOC(=O)[C@H](NNC(=O)c1ccccc1)C1CCCCC1=O. The van der Waals surface area contributed by atoms with Crippen molar-refractivity contribution in [2.45, 2.75) is 38.6 Å². The lowest BCUT2D eigenvalue weighted by atomic mass is 9.83. The fraction of sp³-hybridized carbons (Fsp3) is 0.471. The Morgan fingerprint density at radius 3 is 2.65 bits per heavy atom. The smallest absolute Gasteiger partial charge is 0.325 e. The monoisotopic (exact) mass is 318 g/mol. The molecule has 1 aliphatic rings. The molecule has 23 heavy (non-hydrogen) atoms. The number of ether oxygens (including phenoxy) is 1. The van der Waals surface area contributed by atoms with Crippen molar-refractivity contribution < 1.29 is 19.1 Å². The summed E-state index contributed by atoms with van der Waals surface area (Å²) < 4.78 is 5.04. The second-order valence-electron chi connectivity index (χ2n) is 5.51. The highest BCUT2D eigenvalue weighted by atomic mass is 16.5. The maximum Gasteiger partial charge on any atom is 0.325 e. The number of nitrogens with one attached hydrogen (secondary N) is 2. The molecule has 2 N–H and O–H groups in total. The van der Waals surface area contributed by atoms with Gasteiger partial charge in [-0.2, -0.15) is 0 Å². The van der Waals surface area contributed by atoms with E-state index in [1.54, 1.807) is 31.2 Å². The molecule has 1 amide bonds. The molecule has 2 rings (SSSR count). The van der Waals surface area contributed by atoms with Gasteiger partial charge in [0.25, 0.3) is 5.91 Å². The number of carbonyl (C=O) groups excluding carboxylic acids is 3. The molecule has 0 bridgehead atoms. The molecular formula is C17H22N2O4. The van der Waals surface area contributed by atoms with Gasteiger partial charge >= 0.3 is 5.97 Å². The Labute approximate surface area is 135 Å². The van der Waals surface area contributed by atoms with Gasteiger partial charge in [0.15, 0.2) is 0 Å². The van der Waals surface area contributed by atoms with E-state index in [1.165, 1.54) is 0 Å². The molecule has 1 aliphatic carbocycles. The van der Waals surface area contributed by atoms with Crippen molar-refractivity contribution in [2.24, 2.45) is 5.92 Å². The van der Waals surface area contributed by atoms with Gasteiger partial charge in [0.05, 0.1) is 6.61 Å². The Morgan fingerprint density at radius 2 is 2.00 bits per heavy atom. The van der Waals surface area contributed by atoms with Crippen LogP contribution in [0.3, 0.4) is 0 Å². The molecule has 1 fully saturated rings. The van der Waals surface area contributed by atoms with Gasteiger partial charge < -0.3 is 4.74 Å². The van der Waals surface area contributed by atoms with Crippen molar-refractivity contribution in [3.8, 4) is 0 Å². The van der Waals surface area contributed by atoms with Crippen LogP contribution < -0.4 is 10.9 Å². The second-order valence-corrected chi connectivity index (χ2v) is 5.51. The lowest BCUT2D eigenvalue weighted by Crippen LogP contribution is -2.54. The Bertz CT molecular complexity index is 559. The molecule has 0 aliphatic heterocycles. The van der Waals surface area contributed by atoms with Gasteiger partial charge in [-0.05, 0) is 31.9 Å². The van der Waals surface area contributed by atoms with Crippen LogP contribution in [0.4, 0.5) is 0 Å². The Morgan fingerprint density at radius 1 is 1.26 bits per heavy atom. The molecule has 1 unspecified atom stereocenters. The number of esters is 1. The molecule has 6 heteroatoms. The van der Waals surface area contributed by atoms with Crippen molar-refractivity contribution in [3.63, 3.8) is 0 Å². The molecule has 1 aromatic rings. The van der Waals surface area contributed by atoms with Crippen LogP contribution in [-0.2, 0) is 14.3 Å². The Kier molecular flexibility index (Phi) is 6.29. The summed E-state index contributed by atoms with van der Waals surface area (Å²) in [5.41, 5.74) is 5.69. The zero-order chi connectivity index (χ0) is 16.7. The average molecular weight is 318 g/mol. The standard InChI is InChI=1S/C17H22N2O4/c1-2-23-17(22)15(13-10-6-7-11-14(13)20)18-19-16(21)12-8-4-3-5-9-12/h3-5,8-9,13,15,18H,2,6-7,10-11H2,1H3,(H,19,21)/t13?,15-/m1/s1. The third kappa shape index (κ3) is 4.63. The zero-order valence-corrected chi connectivity index (χ0v) is 13.2. The average Bonchev–Trinajstić information content (AvgIpc) is 2.57. The normalized spacial score (nSPS) is 19.0. The maximum atomic E-state index is 12.1. The van der Waals surface area contributed by atoms with E-state index in [2.05, 4.69) is 10.9 Å². The maximum absolute atomic E-state index is 12.1. The summed E-state index contributed by atoms with van der Waals surface area (Å²) in [4.78, 5) is 36.3. The van der Waals surface area contributed by atoms with Crippen LogP contribution in [0, 0.1) is 5.92 Å². The van der Waals surface area contributed by atoms with Crippen molar-refractivity contribution >= 4 is 17.7 Å². The third-order valence-electron chi connectivity index (χ3n) is 3.92. The summed E-state index contributed by atoms with van der Waals surface area (Å²) in [5, 5.41) is 0. The molecule has 0 aromatic heterocycles. The fourth-order valence-electron chi connectivity index (χ4n) is 2.72. The van der Waals surface area contributed by atoms with Gasteiger partial charge in [-0.3, -0.25) is 19.8 Å². The molecule has 1 saturated carbocycles. The summed E-state index contributed by atoms with van der Waals surface area (Å²) in [6.07, 6.45) is 2.83. The van der Waals surface area contributed by atoms with E-state index in [0.717, 1.165) is 12.8 Å². The molecule has 1 aromatic carbocycles. The molecule has 2 atom stereocenters. The van der Waals surface area contributed by atoms with E-state index in [-0.39, 0.29) is 18.3 Å². The van der Waals surface area contributed by atoms with E-state index in [1.807, 2.05) is 6.07 Å². The summed E-state index contributed by atoms with van der Waals surface area (Å²) in [5.74, 6) is -1.29. The van der Waals surface area contributed by atoms with Crippen molar-refractivity contribution in [1.82, 2.24) is 10.9 Å². The minimum atomic E-state index is -0.851. The number of carbonyl (C=O) groups is 3. The van der Waals surface area contributed by atoms with Crippen LogP contribution in [-0.4, -0.2) is 30.3 Å². The molecule has 0 heterocycles. The second kappa shape index (κ2) is 8.43. The van der Waals surface area contributed by atoms with E-state index in [0.29, 0.717) is 18.4 Å². The van der Waals surface area contributed by atoms with Gasteiger partial charge in [0, 0.05) is 17.9 Å². The predicted octanol–water partition coefficient (Wildman–Crippen LogP) is 1.61. The number of hydrazine groups is 1.